The Labute approximate surface area is 159 Å². The first-order chi connectivity index (χ1) is 12.2. The molecule has 0 bridgehead atoms. The molecule has 0 aliphatic heterocycles. The van der Waals surface area contributed by atoms with Gasteiger partial charge in [0.15, 0.2) is 9.84 Å². The number of amides is 1. The van der Waals surface area contributed by atoms with Crippen molar-refractivity contribution in [1.29, 1.82) is 0 Å². The van der Waals surface area contributed by atoms with Crippen molar-refractivity contribution in [2.45, 2.75) is 31.2 Å². The van der Waals surface area contributed by atoms with Gasteiger partial charge in [0, 0.05) is 17.0 Å². The van der Waals surface area contributed by atoms with Crippen LogP contribution in [-0.4, -0.2) is 27.2 Å². The van der Waals surface area contributed by atoms with Crippen molar-refractivity contribution >= 4 is 27.3 Å². The smallest absolute Gasteiger partial charge is 0.221 e. The lowest BCUT2D eigenvalue weighted by Crippen LogP contribution is -2.28. The summed E-state index contributed by atoms with van der Waals surface area (Å²) in [5.41, 5.74) is 1.90. The van der Waals surface area contributed by atoms with Crippen molar-refractivity contribution in [2.24, 2.45) is 0 Å². The molecule has 2 aromatic carbocycles. The third-order valence-corrected chi connectivity index (χ3v) is 5.98. The van der Waals surface area contributed by atoms with Gasteiger partial charge in [0.05, 0.1) is 23.8 Å². The molecule has 0 aromatic heterocycles. The van der Waals surface area contributed by atoms with Crippen molar-refractivity contribution in [1.82, 2.24) is 5.32 Å². The van der Waals surface area contributed by atoms with E-state index in [4.69, 9.17) is 16.3 Å². The van der Waals surface area contributed by atoms with Crippen LogP contribution in [0, 0.1) is 6.92 Å². The monoisotopic (exact) mass is 395 g/mol. The molecule has 1 N–H and O–H groups in total. The van der Waals surface area contributed by atoms with Crippen molar-refractivity contribution in [3.05, 3.63) is 58.6 Å². The summed E-state index contributed by atoms with van der Waals surface area (Å²) in [6, 6.07) is 11.3. The summed E-state index contributed by atoms with van der Waals surface area (Å²) in [7, 11) is -1.97. The zero-order chi connectivity index (χ0) is 19.3. The summed E-state index contributed by atoms with van der Waals surface area (Å²) in [5.74, 6) is 0.0776. The minimum absolute atomic E-state index is 0.122. The quantitative estimate of drug-likeness (QED) is 0.775. The highest BCUT2D eigenvalue weighted by Gasteiger charge is 2.19. The largest absolute Gasteiger partial charge is 0.496 e. The summed E-state index contributed by atoms with van der Waals surface area (Å²) in [6.07, 6.45) is -0.122. The number of rotatable bonds is 7. The maximum absolute atomic E-state index is 12.3. The van der Waals surface area contributed by atoms with E-state index in [0.717, 1.165) is 11.1 Å². The SMILES string of the molecule is COc1ccc(C)cc1[C@H](C)NC(=O)CCS(=O)(=O)c1ccc(Cl)cc1. The van der Waals surface area contributed by atoms with E-state index in [1.54, 1.807) is 7.11 Å². The van der Waals surface area contributed by atoms with Gasteiger partial charge in [0.1, 0.15) is 5.75 Å². The van der Waals surface area contributed by atoms with Crippen LogP contribution < -0.4 is 10.1 Å². The van der Waals surface area contributed by atoms with E-state index in [1.807, 2.05) is 32.0 Å². The third-order valence-electron chi connectivity index (χ3n) is 4.00. The molecular formula is C19H22ClNO4S. The molecule has 1 atom stereocenters. The van der Waals surface area contributed by atoms with E-state index in [2.05, 4.69) is 5.32 Å². The highest BCUT2D eigenvalue weighted by Crippen LogP contribution is 2.26. The van der Waals surface area contributed by atoms with E-state index in [-0.39, 0.29) is 29.0 Å². The fraction of sp³-hybridized carbons (Fsp3) is 0.316. The van der Waals surface area contributed by atoms with Crippen molar-refractivity contribution in [3.8, 4) is 5.75 Å². The summed E-state index contributed by atoms with van der Waals surface area (Å²) in [4.78, 5) is 12.4. The molecule has 2 rings (SSSR count). The van der Waals surface area contributed by atoms with Crippen LogP contribution in [0.1, 0.15) is 30.5 Å². The predicted molar refractivity (Wildman–Crippen MR) is 102 cm³/mol. The molecule has 140 valence electrons. The highest BCUT2D eigenvalue weighted by atomic mass is 35.5. The first-order valence-corrected chi connectivity index (χ1v) is 10.2. The van der Waals surface area contributed by atoms with E-state index < -0.39 is 9.84 Å². The number of hydrogen-bond acceptors (Lipinski definition) is 4. The Bertz CT molecular complexity index is 879. The van der Waals surface area contributed by atoms with E-state index in [0.29, 0.717) is 10.8 Å². The number of ether oxygens (including phenoxy) is 1. The molecule has 0 aliphatic carbocycles. The van der Waals surface area contributed by atoms with Gasteiger partial charge in [-0.25, -0.2) is 8.42 Å². The molecule has 1 amide bonds. The molecule has 0 radical (unpaired) electrons. The van der Waals surface area contributed by atoms with Crippen molar-refractivity contribution in [3.63, 3.8) is 0 Å². The fourth-order valence-corrected chi connectivity index (χ4v) is 3.94. The number of halogens is 1. The Kier molecular flexibility index (Phi) is 6.67. The highest BCUT2D eigenvalue weighted by molar-refractivity contribution is 7.91. The molecule has 7 heteroatoms. The number of carbonyl (C=O) groups is 1. The lowest BCUT2D eigenvalue weighted by molar-refractivity contribution is -0.121. The van der Waals surface area contributed by atoms with E-state index in [1.165, 1.54) is 24.3 Å². The zero-order valence-electron chi connectivity index (χ0n) is 15.0. The van der Waals surface area contributed by atoms with Gasteiger partial charge in [-0.15, -0.1) is 0 Å². The molecule has 0 heterocycles. The van der Waals surface area contributed by atoms with Gasteiger partial charge >= 0.3 is 0 Å². The second kappa shape index (κ2) is 8.56. The molecule has 2 aromatic rings. The van der Waals surface area contributed by atoms with Gasteiger partial charge in [-0.2, -0.15) is 0 Å². The molecular weight excluding hydrogens is 374 g/mol. The lowest BCUT2D eigenvalue weighted by atomic mass is 10.0. The third kappa shape index (κ3) is 5.22. The lowest BCUT2D eigenvalue weighted by Gasteiger charge is -2.18. The van der Waals surface area contributed by atoms with Crippen LogP contribution in [0.4, 0.5) is 0 Å². The first-order valence-electron chi connectivity index (χ1n) is 8.15. The van der Waals surface area contributed by atoms with Gasteiger partial charge in [0.2, 0.25) is 5.91 Å². The first kappa shape index (κ1) is 20.3. The molecule has 0 aliphatic rings. The Morgan fingerprint density at radius 3 is 2.46 bits per heavy atom. The van der Waals surface area contributed by atoms with Crippen molar-refractivity contribution in [2.75, 3.05) is 12.9 Å². The Morgan fingerprint density at radius 2 is 1.85 bits per heavy atom. The van der Waals surface area contributed by atoms with Crippen LogP contribution in [0.25, 0.3) is 0 Å². The van der Waals surface area contributed by atoms with Gasteiger partial charge < -0.3 is 10.1 Å². The van der Waals surface area contributed by atoms with Crippen LogP contribution in [-0.2, 0) is 14.6 Å². The molecule has 26 heavy (non-hydrogen) atoms. The number of carbonyl (C=O) groups excluding carboxylic acids is 1. The Hall–Kier alpha value is -2.05. The molecule has 0 spiro atoms. The normalized spacial score (nSPS) is 12.5. The average Bonchev–Trinajstić information content (AvgIpc) is 2.60. The summed E-state index contributed by atoms with van der Waals surface area (Å²) in [5, 5.41) is 3.29. The molecule has 0 fully saturated rings. The predicted octanol–water partition coefficient (Wildman–Crippen LogP) is 3.70. The van der Waals surface area contributed by atoms with Gasteiger partial charge in [-0.05, 0) is 44.2 Å². The number of sulfone groups is 1. The minimum atomic E-state index is -3.54. The summed E-state index contributed by atoms with van der Waals surface area (Å²) >= 11 is 5.77. The van der Waals surface area contributed by atoms with E-state index in [9.17, 15) is 13.2 Å². The second-order valence-corrected chi connectivity index (χ2v) is 8.60. The number of aryl methyl sites for hydroxylation is 1. The standard InChI is InChI=1S/C19H22ClNO4S/c1-13-4-9-18(25-3)17(12-13)14(2)21-19(22)10-11-26(23,24)16-7-5-15(20)6-8-16/h4-9,12,14H,10-11H2,1-3H3,(H,21,22)/t14-/m0/s1. The van der Waals surface area contributed by atoms with Gasteiger partial charge in [-0.3, -0.25) is 4.79 Å². The Morgan fingerprint density at radius 1 is 1.19 bits per heavy atom. The van der Waals surface area contributed by atoms with Crippen LogP contribution in [0.15, 0.2) is 47.4 Å². The molecule has 0 unspecified atom stereocenters. The summed E-state index contributed by atoms with van der Waals surface area (Å²) in [6.45, 7) is 3.79. The topological polar surface area (TPSA) is 72.5 Å². The molecule has 0 saturated carbocycles. The fourth-order valence-electron chi connectivity index (χ4n) is 2.57. The number of benzene rings is 2. The van der Waals surface area contributed by atoms with Crippen LogP contribution in [0.5, 0.6) is 5.75 Å². The van der Waals surface area contributed by atoms with Crippen LogP contribution >= 0.6 is 11.6 Å². The number of hydrogen-bond donors (Lipinski definition) is 1. The maximum Gasteiger partial charge on any atom is 0.221 e. The van der Waals surface area contributed by atoms with Crippen molar-refractivity contribution < 1.29 is 17.9 Å². The maximum atomic E-state index is 12.3. The average molecular weight is 396 g/mol. The minimum Gasteiger partial charge on any atom is -0.496 e. The van der Waals surface area contributed by atoms with Crippen LogP contribution in [0.2, 0.25) is 5.02 Å². The second-order valence-electron chi connectivity index (χ2n) is 6.06. The molecule has 0 saturated heterocycles. The van der Waals surface area contributed by atoms with Gasteiger partial charge in [0.25, 0.3) is 0 Å². The van der Waals surface area contributed by atoms with Crippen LogP contribution in [0.3, 0.4) is 0 Å². The Balaban J connectivity index is 2.00. The number of nitrogens with one attached hydrogen (secondary N) is 1. The zero-order valence-corrected chi connectivity index (χ0v) is 16.5. The summed E-state index contributed by atoms with van der Waals surface area (Å²) < 4.78 is 29.9. The number of methoxy groups -OCH3 is 1. The molecule has 5 nitrogen and oxygen atoms in total. The van der Waals surface area contributed by atoms with Gasteiger partial charge in [-0.1, -0.05) is 29.3 Å². The van der Waals surface area contributed by atoms with E-state index >= 15 is 0 Å².